The quantitative estimate of drug-likeness (QED) is 0.655. The van der Waals surface area contributed by atoms with Gasteiger partial charge in [-0.1, -0.05) is 12.1 Å². The lowest BCUT2D eigenvalue weighted by molar-refractivity contribution is -0.116. The molecule has 5 heteroatoms. The number of anilines is 1. The van der Waals surface area contributed by atoms with Gasteiger partial charge in [-0.3, -0.25) is 4.79 Å². The SMILES string of the molecule is Cc1csc(CCNC(=O)/C=C/c2cccc(N)c2)n1. The van der Waals surface area contributed by atoms with E-state index in [1.807, 2.05) is 36.6 Å². The molecule has 1 amide bonds. The Kier molecular flexibility index (Phi) is 4.90. The lowest BCUT2D eigenvalue weighted by atomic mass is 10.2. The third-order valence-corrected chi connectivity index (χ3v) is 3.67. The van der Waals surface area contributed by atoms with Crippen molar-refractivity contribution in [2.45, 2.75) is 13.3 Å². The number of nitrogens with one attached hydrogen (secondary N) is 1. The number of nitrogens with zero attached hydrogens (tertiary/aromatic N) is 1. The second-order valence-electron chi connectivity index (χ2n) is 4.43. The van der Waals surface area contributed by atoms with Crippen molar-refractivity contribution in [1.29, 1.82) is 0 Å². The van der Waals surface area contributed by atoms with Crippen LogP contribution in [0.5, 0.6) is 0 Å². The van der Waals surface area contributed by atoms with E-state index in [9.17, 15) is 4.79 Å². The first kappa shape index (κ1) is 14.3. The molecular formula is C15H17N3OS. The predicted octanol–water partition coefficient (Wildman–Crippen LogP) is 2.41. The van der Waals surface area contributed by atoms with Crippen molar-refractivity contribution in [3.63, 3.8) is 0 Å². The second-order valence-corrected chi connectivity index (χ2v) is 5.37. The van der Waals surface area contributed by atoms with Crippen LogP contribution in [0.25, 0.3) is 6.08 Å². The van der Waals surface area contributed by atoms with Crippen LogP contribution in [-0.2, 0) is 11.2 Å². The van der Waals surface area contributed by atoms with Crippen molar-refractivity contribution >= 4 is 29.0 Å². The van der Waals surface area contributed by atoms with Crippen molar-refractivity contribution < 1.29 is 4.79 Å². The summed E-state index contributed by atoms with van der Waals surface area (Å²) >= 11 is 1.62. The zero-order valence-electron chi connectivity index (χ0n) is 11.3. The van der Waals surface area contributed by atoms with Gasteiger partial charge in [-0.15, -0.1) is 11.3 Å². The average molecular weight is 287 g/mol. The molecule has 0 saturated heterocycles. The molecule has 0 unspecified atom stereocenters. The molecule has 20 heavy (non-hydrogen) atoms. The highest BCUT2D eigenvalue weighted by atomic mass is 32.1. The van der Waals surface area contributed by atoms with E-state index in [1.165, 1.54) is 6.08 Å². The minimum atomic E-state index is -0.110. The number of rotatable bonds is 5. The maximum Gasteiger partial charge on any atom is 0.244 e. The fraction of sp³-hybridized carbons (Fsp3) is 0.200. The molecule has 2 aromatic rings. The maximum absolute atomic E-state index is 11.7. The Morgan fingerprint density at radius 1 is 1.50 bits per heavy atom. The highest BCUT2D eigenvalue weighted by Crippen LogP contribution is 2.09. The van der Waals surface area contributed by atoms with Crippen molar-refractivity contribution in [3.05, 3.63) is 52.0 Å². The van der Waals surface area contributed by atoms with Crippen LogP contribution in [0.1, 0.15) is 16.3 Å². The molecule has 1 aromatic carbocycles. The lowest BCUT2D eigenvalue weighted by Gasteiger charge is -2.00. The largest absolute Gasteiger partial charge is 0.399 e. The van der Waals surface area contributed by atoms with Gasteiger partial charge in [0.05, 0.1) is 5.01 Å². The highest BCUT2D eigenvalue weighted by molar-refractivity contribution is 7.09. The molecule has 0 bridgehead atoms. The Morgan fingerprint density at radius 3 is 3.05 bits per heavy atom. The molecule has 0 fully saturated rings. The number of carbonyl (C=O) groups is 1. The van der Waals surface area contributed by atoms with Crippen LogP contribution in [0.2, 0.25) is 0 Å². The summed E-state index contributed by atoms with van der Waals surface area (Å²) < 4.78 is 0. The topological polar surface area (TPSA) is 68.0 Å². The molecule has 0 saturated carbocycles. The number of carbonyl (C=O) groups excluding carboxylic acids is 1. The summed E-state index contributed by atoms with van der Waals surface area (Å²) in [4.78, 5) is 16.0. The van der Waals surface area contributed by atoms with E-state index >= 15 is 0 Å². The van der Waals surface area contributed by atoms with Crippen LogP contribution < -0.4 is 11.1 Å². The summed E-state index contributed by atoms with van der Waals surface area (Å²) in [5.41, 5.74) is 8.30. The van der Waals surface area contributed by atoms with Gasteiger partial charge in [0.2, 0.25) is 5.91 Å². The van der Waals surface area contributed by atoms with E-state index in [4.69, 9.17) is 5.73 Å². The normalized spacial score (nSPS) is 10.8. The van der Waals surface area contributed by atoms with Crippen molar-refractivity contribution in [2.24, 2.45) is 0 Å². The Balaban J connectivity index is 1.78. The molecule has 1 aromatic heterocycles. The van der Waals surface area contributed by atoms with Gasteiger partial charge in [0.15, 0.2) is 0 Å². The molecular weight excluding hydrogens is 270 g/mol. The molecule has 0 aliphatic rings. The van der Waals surface area contributed by atoms with Crippen LogP contribution in [-0.4, -0.2) is 17.4 Å². The number of aromatic nitrogens is 1. The smallest absolute Gasteiger partial charge is 0.244 e. The van der Waals surface area contributed by atoms with Gasteiger partial charge in [0, 0.05) is 35.8 Å². The van der Waals surface area contributed by atoms with Crippen LogP contribution >= 0.6 is 11.3 Å². The molecule has 0 aliphatic carbocycles. The fourth-order valence-corrected chi connectivity index (χ4v) is 2.48. The standard InChI is InChI=1S/C15H17N3OS/c1-11-10-20-15(18-11)7-8-17-14(19)6-5-12-3-2-4-13(16)9-12/h2-6,9-10H,7-8,16H2,1H3,(H,17,19)/b6-5+. The number of amides is 1. The second kappa shape index (κ2) is 6.86. The van der Waals surface area contributed by atoms with E-state index in [-0.39, 0.29) is 5.91 Å². The monoisotopic (exact) mass is 287 g/mol. The first-order valence-corrected chi connectivity index (χ1v) is 7.24. The number of aryl methyl sites for hydroxylation is 1. The molecule has 0 aliphatic heterocycles. The molecule has 2 rings (SSSR count). The first-order chi connectivity index (χ1) is 9.63. The molecule has 3 N–H and O–H groups in total. The summed E-state index contributed by atoms with van der Waals surface area (Å²) in [5, 5.41) is 5.89. The molecule has 0 atom stereocenters. The van der Waals surface area contributed by atoms with E-state index < -0.39 is 0 Å². The third kappa shape index (κ3) is 4.51. The molecule has 104 valence electrons. The number of thiazole rings is 1. The Hall–Kier alpha value is -2.14. The lowest BCUT2D eigenvalue weighted by Crippen LogP contribution is -2.23. The van der Waals surface area contributed by atoms with E-state index in [2.05, 4.69) is 10.3 Å². The summed E-state index contributed by atoms with van der Waals surface area (Å²) in [6.45, 7) is 2.56. The van der Waals surface area contributed by atoms with Gasteiger partial charge in [-0.05, 0) is 30.7 Å². The van der Waals surface area contributed by atoms with Gasteiger partial charge in [0.1, 0.15) is 0 Å². The number of nitrogens with two attached hydrogens (primary N) is 1. The minimum absolute atomic E-state index is 0.110. The summed E-state index contributed by atoms with van der Waals surface area (Å²) in [7, 11) is 0. The fourth-order valence-electron chi connectivity index (χ4n) is 1.70. The molecule has 1 heterocycles. The highest BCUT2D eigenvalue weighted by Gasteiger charge is 2.00. The van der Waals surface area contributed by atoms with Crippen molar-refractivity contribution in [1.82, 2.24) is 10.3 Å². The minimum Gasteiger partial charge on any atom is -0.399 e. The Labute approximate surface area is 122 Å². The predicted molar refractivity (Wildman–Crippen MR) is 83.5 cm³/mol. The number of benzene rings is 1. The molecule has 0 radical (unpaired) electrons. The summed E-state index contributed by atoms with van der Waals surface area (Å²) in [6.07, 6.45) is 4.03. The van der Waals surface area contributed by atoms with Crippen molar-refractivity contribution in [2.75, 3.05) is 12.3 Å². The Bertz CT molecular complexity index is 619. The average Bonchev–Trinajstić information content (AvgIpc) is 2.82. The molecule has 0 spiro atoms. The van der Waals surface area contributed by atoms with E-state index in [0.717, 1.165) is 22.7 Å². The van der Waals surface area contributed by atoms with Crippen LogP contribution in [0.4, 0.5) is 5.69 Å². The van der Waals surface area contributed by atoms with Gasteiger partial charge >= 0.3 is 0 Å². The van der Waals surface area contributed by atoms with E-state index in [0.29, 0.717) is 12.2 Å². The van der Waals surface area contributed by atoms with Gasteiger partial charge in [-0.2, -0.15) is 0 Å². The van der Waals surface area contributed by atoms with Crippen LogP contribution in [0.15, 0.2) is 35.7 Å². The van der Waals surface area contributed by atoms with Gasteiger partial charge in [0.25, 0.3) is 0 Å². The summed E-state index contributed by atoms with van der Waals surface area (Å²) in [6, 6.07) is 7.39. The number of hydrogen-bond acceptors (Lipinski definition) is 4. The van der Waals surface area contributed by atoms with Crippen LogP contribution in [0.3, 0.4) is 0 Å². The van der Waals surface area contributed by atoms with Gasteiger partial charge in [-0.25, -0.2) is 4.98 Å². The van der Waals surface area contributed by atoms with Crippen LogP contribution in [0, 0.1) is 6.92 Å². The number of hydrogen-bond donors (Lipinski definition) is 2. The van der Waals surface area contributed by atoms with Crippen molar-refractivity contribution in [3.8, 4) is 0 Å². The maximum atomic E-state index is 11.7. The van der Waals surface area contributed by atoms with E-state index in [1.54, 1.807) is 17.4 Å². The zero-order valence-corrected chi connectivity index (χ0v) is 12.1. The number of nitrogen functional groups attached to an aromatic ring is 1. The first-order valence-electron chi connectivity index (χ1n) is 6.36. The molecule has 4 nitrogen and oxygen atoms in total. The third-order valence-electron chi connectivity index (χ3n) is 2.64. The zero-order chi connectivity index (χ0) is 14.4. The summed E-state index contributed by atoms with van der Waals surface area (Å²) in [5.74, 6) is -0.110. The van der Waals surface area contributed by atoms with Gasteiger partial charge < -0.3 is 11.1 Å². The Morgan fingerprint density at radius 2 is 2.35 bits per heavy atom.